The maximum Gasteiger partial charge on any atom is 0.115 e. The lowest BCUT2D eigenvalue weighted by atomic mass is 10.0. The van der Waals surface area contributed by atoms with E-state index in [1.807, 2.05) is 0 Å². The summed E-state index contributed by atoms with van der Waals surface area (Å²) in [6, 6.07) is 8.36. The van der Waals surface area contributed by atoms with Gasteiger partial charge in [-0.1, -0.05) is 12.1 Å². The first kappa shape index (κ1) is 12.5. The Morgan fingerprint density at radius 2 is 2.12 bits per heavy atom. The molecular formula is C13H18N2OS. The molecule has 1 heterocycles. The standard InChI is InChI=1S/C13H18N2OS/c1-17-11-7-5-10(6-8-11)13(15-14)12-4-2-3-9-16-12/h4-8,13,15H,2-3,9,14H2,1H3. The maximum absolute atomic E-state index is 5.66. The van der Waals surface area contributed by atoms with E-state index in [2.05, 4.69) is 42.0 Å². The second-order valence-corrected chi connectivity index (χ2v) is 4.85. The molecule has 3 nitrogen and oxygen atoms in total. The van der Waals surface area contributed by atoms with Gasteiger partial charge in [-0.2, -0.15) is 0 Å². The van der Waals surface area contributed by atoms with E-state index < -0.39 is 0 Å². The van der Waals surface area contributed by atoms with Gasteiger partial charge < -0.3 is 4.74 Å². The van der Waals surface area contributed by atoms with Crippen molar-refractivity contribution < 1.29 is 4.74 Å². The minimum atomic E-state index is -0.0359. The molecule has 2 rings (SSSR count). The topological polar surface area (TPSA) is 47.3 Å². The van der Waals surface area contributed by atoms with Crippen molar-refractivity contribution in [2.45, 2.75) is 23.8 Å². The highest BCUT2D eigenvalue weighted by molar-refractivity contribution is 7.98. The number of nitrogens with two attached hydrogens (primary N) is 1. The van der Waals surface area contributed by atoms with E-state index in [-0.39, 0.29) is 6.04 Å². The van der Waals surface area contributed by atoms with Crippen molar-refractivity contribution in [3.05, 3.63) is 41.7 Å². The Kier molecular flexibility index (Phi) is 4.48. The first-order chi connectivity index (χ1) is 8.35. The lowest BCUT2D eigenvalue weighted by Gasteiger charge is -2.23. The summed E-state index contributed by atoms with van der Waals surface area (Å²) in [6.07, 6.45) is 6.35. The number of rotatable bonds is 4. The highest BCUT2D eigenvalue weighted by Gasteiger charge is 2.18. The third-order valence-corrected chi connectivity index (χ3v) is 3.61. The Balaban J connectivity index is 2.18. The fourth-order valence-corrected chi connectivity index (χ4v) is 2.33. The van der Waals surface area contributed by atoms with Crippen LogP contribution in [0.1, 0.15) is 24.4 Å². The van der Waals surface area contributed by atoms with Gasteiger partial charge in [0.25, 0.3) is 0 Å². The van der Waals surface area contributed by atoms with Crippen LogP contribution in [0.2, 0.25) is 0 Å². The molecule has 0 bridgehead atoms. The number of ether oxygens (including phenoxy) is 1. The molecule has 1 aromatic carbocycles. The van der Waals surface area contributed by atoms with Crippen LogP contribution < -0.4 is 11.3 Å². The van der Waals surface area contributed by atoms with Gasteiger partial charge in [0.1, 0.15) is 11.8 Å². The van der Waals surface area contributed by atoms with E-state index in [1.54, 1.807) is 11.8 Å². The Labute approximate surface area is 106 Å². The van der Waals surface area contributed by atoms with Crippen molar-refractivity contribution in [2.75, 3.05) is 12.9 Å². The summed E-state index contributed by atoms with van der Waals surface area (Å²) in [5.74, 6) is 6.57. The zero-order chi connectivity index (χ0) is 12.1. The average Bonchev–Trinajstić information content (AvgIpc) is 2.42. The third kappa shape index (κ3) is 3.03. The van der Waals surface area contributed by atoms with Gasteiger partial charge in [0.05, 0.1) is 6.61 Å². The molecule has 1 unspecified atom stereocenters. The lowest BCUT2D eigenvalue weighted by Crippen LogP contribution is -2.31. The Morgan fingerprint density at radius 3 is 2.65 bits per heavy atom. The van der Waals surface area contributed by atoms with Crippen LogP contribution in [0.5, 0.6) is 0 Å². The number of allylic oxidation sites excluding steroid dienone is 1. The molecule has 0 aromatic heterocycles. The highest BCUT2D eigenvalue weighted by Crippen LogP contribution is 2.26. The van der Waals surface area contributed by atoms with Crippen molar-refractivity contribution in [3.63, 3.8) is 0 Å². The van der Waals surface area contributed by atoms with E-state index in [1.165, 1.54) is 4.90 Å². The monoisotopic (exact) mass is 250 g/mol. The molecule has 0 saturated heterocycles. The second kappa shape index (κ2) is 6.10. The zero-order valence-electron chi connectivity index (χ0n) is 9.98. The first-order valence-electron chi connectivity index (χ1n) is 5.78. The van der Waals surface area contributed by atoms with Crippen LogP contribution in [0.4, 0.5) is 0 Å². The average molecular weight is 250 g/mol. The number of nitrogens with one attached hydrogen (secondary N) is 1. The smallest absolute Gasteiger partial charge is 0.115 e. The van der Waals surface area contributed by atoms with E-state index in [9.17, 15) is 0 Å². The van der Waals surface area contributed by atoms with Crippen molar-refractivity contribution in [1.29, 1.82) is 0 Å². The summed E-state index contributed by atoms with van der Waals surface area (Å²) in [7, 11) is 0. The molecule has 0 fully saturated rings. The van der Waals surface area contributed by atoms with Gasteiger partial charge in [-0.3, -0.25) is 5.84 Å². The summed E-state index contributed by atoms with van der Waals surface area (Å²) in [5, 5.41) is 0. The molecule has 0 aliphatic carbocycles. The quantitative estimate of drug-likeness (QED) is 0.490. The lowest BCUT2D eigenvalue weighted by molar-refractivity contribution is 0.168. The van der Waals surface area contributed by atoms with Crippen molar-refractivity contribution >= 4 is 11.8 Å². The minimum absolute atomic E-state index is 0.0359. The molecule has 0 saturated carbocycles. The van der Waals surface area contributed by atoms with Crippen molar-refractivity contribution in [1.82, 2.24) is 5.43 Å². The van der Waals surface area contributed by atoms with Crippen LogP contribution in [0.15, 0.2) is 41.0 Å². The molecular weight excluding hydrogens is 232 g/mol. The van der Waals surface area contributed by atoms with Gasteiger partial charge in [0.2, 0.25) is 0 Å². The molecule has 1 aliphatic rings. The fourth-order valence-electron chi connectivity index (χ4n) is 1.92. The first-order valence-corrected chi connectivity index (χ1v) is 7.00. The molecule has 3 N–H and O–H groups in total. The number of thioether (sulfide) groups is 1. The molecule has 1 aliphatic heterocycles. The SMILES string of the molecule is CSc1ccc(C(NN)C2=CCCCO2)cc1. The molecule has 1 aromatic rings. The Hall–Kier alpha value is -0.970. The van der Waals surface area contributed by atoms with Crippen LogP contribution in [0.3, 0.4) is 0 Å². The number of hydrazine groups is 1. The number of hydrogen-bond donors (Lipinski definition) is 2. The Bertz CT molecular complexity index is 389. The second-order valence-electron chi connectivity index (χ2n) is 3.97. The summed E-state index contributed by atoms with van der Waals surface area (Å²) in [4.78, 5) is 1.25. The van der Waals surface area contributed by atoms with Gasteiger partial charge in [0, 0.05) is 4.90 Å². The van der Waals surface area contributed by atoms with Gasteiger partial charge in [-0.05, 0) is 42.9 Å². The fraction of sp³-hybridized carbons (Fsp3) is 0.385. The summed E-state index contributed by atoms with van der Waals surface area (Å²) in [5.41, 5.74) is 3.96. The van der Waals surface area contributed by atoms with Crippen LogP contribution in [0, 0.1) is 0 Å². The third-order valence-electron chi connectivity index (χ3n) is 2.86. The zero-order valence-corrected chi connectivity index (χ0v) is 10.8. The van der Waals surface area contributed by atoms with Gasteiger partial charge in [-0.25, -0.2) is 5.43 Å². The van der Waals surface area contributed by atoms with Crippen molar-refractivity contribution in [2.24, 2.45) is 5.84 Å². The van der Waals surface area contributed by atoms with Gasteiger partial charge in [0.15, 0.2) is 0 Å². The number of hydrogen-bond acceptors (Lipinski definition) is 4. The van der Waals surface area contributed by atoms with Crippen LogP contribution in [-0.2, 0) is 4.74 Å². The predicted octanol–water partition coefficient (Wildman–Crippen LogP) is 2.61. The summed E-state index contributed by atoms with van der Waals surface area (Å²) >= 11 is 1.73. The predicted molar refractivity (Wildman–Crippen MR) is 71.6 cm³/mol. The molecule has 0 radical (unpaired) electrons. The van der Waals surface area contributed by atoms with E-state index in [0.717, 1.165) is 30.8 Å². The molecule has 0 spiro atoms. The Morgan fingerprint density at radius 1 is 1.35 bits per heavy atom. The minimum Gasteiger partial charge on any atom is -0.496 e. The largest absolute Gasteiger partial charge is 0.496 e. The highest BCUT2D eigenvalue weighted by atomic mass is 32.2. The molecule has 0 amide bonds. The molecule has 4 heteroatoms. The van der Waals surface area contributed by atoms with Crippen LogP contribution in [0.25, 0.3) is 0 Å². The molecule has 92 valence electrons. The molecule has 17 heavy (non-hydrogen) atoms. The van der Waals surface area contributed by atoms with Crippen LogP contribution >= 0.6 is 11.8 Å². The van der Waals surface area contributed by atoms with Crippen LogP contribution in [-0.4, -0.2) is 12.9 Å². The van der Waals surface area contributed by atoms with E-state index >= 15 is 0 Å². The normalized spacial score (nSPS) is 17.2. The molecule has 1 atom stereocenters. The van der Waals surface area contributed by atoms with Gasteiger partial charge >= 0.3 is 0 Å². The van der Waals surface area contributed by atoms with E-state index in [4.69, 9.17) is 10.6 Å². The van der Waals surface area contributed by atoms with E-state index in [0.29, 0.717) is 0 Å². The van der Waals surface area contributed by atoms with Gasteiger partial charge in [-0.15, -0.1) is 11.8 Å². The maximum atomic E-state index is 5.66. The number of benzene rings is 1. The summed E-state index contributed by atoms with van der Waals surface area (Å²) < 4.78 is 5.66. The van der Waals surface area contributed by atoms with Crippen molar-refractivity contribution in [3.8, 4) is 0 Å². The summed E-state index contributed by atoms with van der Waals surface area (Å²) in [6.45, 7) is 0.785.